The van der Waals surface area contributed by atoms with Crippen LogP contribution in [0.25, 0.3) is 0 Å². The Bertz CT molecular complexity index is 973. The molecule has 0 aromatic heterocycles. The van der Waals surface area contributed by atoms with E-state index in [4.69, 9.17) is 9.88 Å². The first-order valence-corrected chi connectivity index (χ1v) is 9.78. The number of benzene rings is 2. The fourth-order valence-corrected chi connectivity index (χ4v) is 3.49. The lowest BCUT2D eigenvalue weighted by molar-refractivity contribution is -0.119. The first-order chi connectivity index (χ1) is 12.1. The number of halogens is 1. The van der Waals surface area contributed by atoms with Gasteiger partial charge in [-0.1, -0.05) is 22.0 Å². The number of ether oxygens (including phenoxy) is 1. The standard InChI is InChI=1S/C17H17BrN2O5S/c1-10-3-4-12(8-15(10)26(19,23)24)17(22)25-9-16(21)20-14-6-5-13(18)7-11(14)2/h3-8H,9H2,1-2H3,(H,20,21)(H2,19,23,24). The number of primary sulfonamides is 1. The topological polar surface area (TPSA) is 116 Å². The van der Waals surface area contributed by atoms with Gasteiger partial charge in [0.05, 0.1) is 10.5 Å². The van der Waals surface area contributed by atoms with Gasteiger partial charge in [-0.3, -0.25) is 4.79 Å². The van der Waals surface area contributed by atoms with E-state index in [1.54, 1.807) is 19.1 Å². The number of carbonyl (C=O) groups excluding carboxylic acids is 2. The van der Waals surface area contributed by atoms with Crippen LogP contribution in [0.5, 0.6) is 0 Å². The summed E-state index contributed by atoms with van der Waals surface area (Å²) in [6, 6.07) is 9.31. The van der Waals surface area contributed by atoms with Gasteiger partial charge in [0.25, 0.3) is 5.91 Å². The van der Waals surface area contributed by atoms with Crippen LogP contribution in [-0.2, 0) is 19.6 Å². The lowest BCUT2D eigenvalue weighted by Crippen LogP contribution is -2.21. The number of hydrogen-bond donors (Lipinski definition) is 2. The molecular weight excluding hydrogens is 424 g/mol. The summed E-state index contributed by atoms with van der Waals surface area (Å²) >= 11 is 3.33. The Balaban J connectivity index is 2.03. The van der Waals surface area contributed by atoms with Gasteiger partial charge in [0, 0.05) is 10.2 Å². The highest BCUT2D eigenvalue weighted by Crippen LogP contribution is 2.20. The number of carbonyl (C=O) groups is 2. The molecule has 0 bridgehead atoms. The summed E-state index contributed by atoms with van der Waals surface area (Å²) in [7, 11) is -3.96. The number of aryl methyl sites for hydroxylation is 2. The van der Waals surface area contributed by atoms with Crippen molar-refractivity contribution in [1.82, 2.24) is 0 Å². The molecule has 3 N–H and O–H groups in total. The molecule has 2 aromatic carbocycles. The highest BCUT2D eigenvalue weighted by atomic mass is 79.9. The van der Waals surface area contributed by atoms with Crippen LogP contribution in [0.15, 0.2) is 45.8 Å². The number of nitrogens with one attached hydrogen (secondary N) is 1. The Morgan fingerprint density at radius 2 is 1.81 bits per heavy atom. The summed E-state index contributed by atoms with van der Waals surface area (Å²) in [6.07, 6.45) is 0. The van der Waals surface area contributed by atoms with E-state index in [1.807, 2.05) is 13.0 Å². The van der Waals surface area contributed by atoms with Gasteiger partial charge >= 0.3 is 5.97 Å². The molecule has 0 saturated heterocycles. The fourth-order valence-electron chi connectivity index (χ4n) is 2.20. The largest absolute Gasteiger partial charge is 0.452 e. The zero-order valence-electron chi connectivity index (χ0n) is 14.1. The predicted octanol–water partition coefficient (Wildman–Crippen LogP) is 2.51. The molecule has 0 aliphatic carbocycles. The van der Waals surface area contributed by atoms with Gasteiger partial charge in [0.1, 0.15) is 0 Å². The van der Waals surface area contributed by atoms with Crippen molar-refractivity contribution in [3.63, 3.8) is 0 Å². The van der Waals surface area contributed by atoms with Gasteiger partial charge < -0.3 is 10.1 Å². The SMILES string of the molecule is Cc1cc(Br)ccc1NC(=O)COC(=O)c1ccc(C)c(S(N)(=O)=O)c1. The van der Waals surface area contributed by atoms with Crippen molar-refractivity contribution in [1.29, 1.82) is 0 Å². The second kappa shape index (κ2) is 7.98. The van der Waals surface area contributed by atoms with Crippen molar-refractivity contribution < 1.29 is 22.7 Å². The zero-order chi connectivity index (χ0) is 19.5. The molecule has 7 nitrogen and oxygen atoms in total. The van der Waals surface area contributed by atoms with Crippen molar-refractivity contribution >= 4 is 43.5 Å². The van der Waals surface area contributed by atoms with Crippen molar-refractivity contribution in [2.75, 3.05) is 11.9 Å². The summed E-state index contributed by atoms with van der Waals surface area (Å²) in [4.78, 5) is 23.8. The Hall–Kier alpha value is -2.23. The molecule has 0 aliphatic heterocycles. The average molecular weight is 441 g/mol. The molecule has 0 unspecified atom stereocenters. The lowest BCUT2D eigenvalue weighted by Gasteiger charge is -2.10. The van der Waals surface area contributed by atoms with Crippen molar-refractivity contribution in [3.8, 4) is 0 Å². The van der Waals surface area contributed by atoms with Crippen molar-refractivity contribution in [2.45, 2.75) is 18.7 Å². The monoisotopic (exact) mass is 440 g/mol. The number of anilines is 1. The maximum absolute atomic E-state index is 12.1. The quantitative estimate of drug-likeness (QED) is 0.692. The molecule has 0 fully saturated rings. The van der Waals surface area contributed by atoms with Crippen LogP contribution in [-0.4, -0.2) is 26.9 Å². The molecule has 0 saturated carbocycles. The number of hydrogen-bond acceptors (Lipinski definition) is 5. The minimum atomic E-state index is -3.96. The number of rotatable bonds is 5. The molecule has 1 amide bonds. The summed E-state index contributed by atoms with van der Waals surface area (Å²) in [5, 5.41) is 7.75. The predicted molar refractivity (Wildman–Crippen MR) is 100 cm³/mol. The highest BCUT2D eigenvalue weighted by Gasteiger charge is 2.17. The number of nitrogens with two attached hydrogens (primary N) is 1. The van der Waals surface area contributed by atoms with Crippen LogP contribution < -0.4 is 10.5 Å². The normalized spacial score (nSPS) is 11.1. The average Bonchev–Trinajstić information content (AvgIpc) is 2.54. The Kier molecular flexibility index (Phi) is 6.17. The van der Waals surface area contributed by atoms with Gasteiger partial charge in [-0.05, 0) is 55.3 Å². The van der Waals surface area contributed by atoms with E-state index in [9.17, 15) is 18.0 Å². The van der Waals surface area contributed by atoms with E-state index >= 15 is 0 Å². The zero-order valence-corrected chi connectivity index (χ0v) is 16.5. The smallest absolute Gasteiger partial charge is 0.338 e. The van der Waals surface area contributed by atoms with Crippen LogP contribution in [0.1, 0.15) is 21.5 Å². The van der Waals surface area contributed by atoms with E-state index in [0.29, 0.717) is 11.3 Å². The fraction of sp³-hybridized carbons (Fsp3) is 0.176. The third kappa shape index (κ3) is 5.13. The minimum Gasteiger partial charge on any atom is -0.452 e. The summed E-state index contributed by atoms with van der Waals surface area (Å²) in [5.41, 5.74) is 1.84. The highest BCUT2D eigenvalue weighted by molar-refractivity contribution is 9.10. The van der Waals surface area contributed by atoms with Gasteiger partial charge in [-0.15, -0.1) is 0 Å². The second-order valence-corrected chi connectivity index (χ2v) is 8.05. The van der Waals surface area contributed by atoms with E-state index in [1.165, 1.54) is 12.1 Å². The van der Waals surface area contributed by atoms with Gasteiger partial charge in [-0.25, -0.2) is 18.4 Å². The third-order valence-electron chi connectivity index (χ3n) is 3.53. The van der Waals surface area contributed by atoms with Crippen LogP contribution in [0, 0.1) is 13.8 Å². The number of esters is 1. The molecule has 0 atom stereocenters. The maximum atomic E-state index is 12.1. The minimum absolute atomic E-state index is 0.00718. The molecule has 26 heavy (non-hydrogen) atoms. The van der Waals surface area contributed by atoms with E-state index < -0.39 is 28.5 Å². The molecule has 0 heterocycles. The van der Waals surface area contributed by atoms with Crippen LogP contribution in [0.4, 0.5) is 5.69 Å². The van der Waals surface area contributed by atoms with Gasteiger partial charge in [0.15, 0.2) is 6.61 Å². The van der Waals surface area contributed by atoms with Crippen molar-refractivity contribution in [2.24, 2.45) is 5.14 Å². The van der Waals surface area contributed by atoms with E-state index in [-0.39, 0.29) is 10.5 Å². The Morgan fingerprint density at radius 3 is 2.42 bits per heavy atom. The van der Waals surface area contributed by atoms with Crippen LogP contribution in [0.3, 0.4) is 0 Å². The first kappa shape index (κ1) is 20.1. The van der Waals surface area contributed by atoms with E-state index in [0.717, 1.165) is 16.1 Å². The molecule has 0 radical (unpaired) electrons. The van der Waals surface area contributed by atoms with Gasteiger partial charge in [-0.2, -0.15) is 0 Å². The Labute approximate surface area is 159 Å². The van der Waals surface area contributed by atoms with Crippen LogP contribution >= 0.6 is 15.9 Å². The van der Waals surface area contributed by atoms with E-state index in [2.05, 4.69) is 21.2 Å². The first-order valence-electron chi connectivity index (χ1n) is 7.44. The molecule has 2 aromatic rings. The van der Waals surface area contributed by atoms with Crippen molar-refractivity contribution in [3.05, 3.63) is 57.6 Å². The molecule has 0 spiro atoms. The maximum Gasteiger partial charge on any atom is 0.338 e. The lowest BCUT2D eigenvalue weighted by atomic mass is 10.1. The molecule has 9 heteroatoms. The number of sulfonamides is 1. The molecule has 2 rings (SSSR count). The summed E-state index contributed by atoms with van der Waals surface area (Å²) < 4.78 is 28.8. The van der Waals surface area contributed by atoms with Gasteiger partial charge in [0.2, 0.25) is 10.0 Å². The molecule has 138 valence electrons. The van der Waals surface area contributed by atoms with Crippen LogP contribution in [0.2, 0.25) is 0 Å². The third-order valence-corrected chi connectivity index (χ3v) is 5.07. The summed E-state index contributed by atoms with van der Waals surface area (Å²) in [5.74, 6) is -1.33. The second-order valence-electron chi connectivity index (χ2n) is 5.61. The summed E-state index contributed by atoms with van der Waals surface area (Å²) in [6.45, 7) is 2.88. The molecule has 0 aliphatic rings. The Morgan fingerprint density at radius 1 is 1.12 bits per heavy atom. The molecular formula is C17H17BrN2O5S. The number of amides is 1.